The highest BCUT2D eigenvalue weighted by atomic mass is 32.2. The average Bonchev–Trinajstić information content (AvgIpc) is 3.22. The molecule has 158 valence electrons. The number of benzene rings is 1. The van der Waals surface area contributed by atoms with Crippen molar-refractivity contribution in [3.8, 4) is 21.7 Å². The number of thiazole rings is 1. The lowest BCUT2D eigenvalue weighted by Gasteiger charge is -2.20. The highest BCUT2D eigenvalue weighted by molar-refractivity contribution is 7.86. The van der Waals surface area contributed by atoms with Gasteiger partial charge in [0.15, 0.2) is 5.82 Å². The summed E-state index contributed by atoms with van der Waals surface area (Å²) in [7, 11) is -1.31. The predicted octanol–water partition coefficient (Wildman–Crippen LogP) is 4.96. The first-order valence-electron chi connectivity index (χ1n) is 10.2. The first-order chi connectivity index (χ1) is 14.7. The molecule has 5 nitrogen and oxygen atoms in total. The van der Waals surface area contributed by atoms with Crippen LogP contribution in [-0.2, 0) is 11.0 Å². The van der Waals surface area contributed by atoms with E-state index in [0.717, 1.165) is 47.8 Å². The zero-order valence-corrected chi connectivity index (χ0v) is 18.5. The normalized spacial score (nSPS) is 15.8. The molecule has 1 saturated heterocycles. The zero-order valence-electron chi connectivity index (χ0n) is 16.9. The van der Waals surface area contributed by atoms with Gasteiger partial charge in [0.05, 0.1) is 21.3 Å². The van der Waals surface area contributed by atoms with E-state index in [1.807, 2.05) is 19.1 Å². The van der Waals surface area contributed by atoms with Gasteiger partial charge in [0.25, 0.3) is 0 Å². The van der Waals surface area contributed by atoms with Crippen LogP contribution in [0.3, 0.4) is 0 Å². The van der Waals surface area contributed by atoms with Gasteiger partial charge < -0.3 is 10.0 Å². The number of anilines is 1. The summed E-state index contributed by atoms with van der Waals surface area (Å²) < 4.78 is 30.4. The molecule has 2 N–H and O–H groups in total. The van der Waals surface area contributed by atoms with Crippen LogP contribution in [0, 0.1) is 5.82 Å². The predicted molar refractivity (Wildman–Crippen MR) is 123 cm³/mol. The Balaban J connectivity index is 1.77. The van der Waals surface area contributed by atoms with Crippen LogP contribution in [0.25, 0.3) is 21.7 Å². The van der Waals surface area contributed by atoms with Crippen LogP contribution >= 0.6 is 11.3 Å². The van der Waals surface area contributed by atoms with Gasteiger partial charge in [-0.15, -0.1) is 11.3 Å². The van der Waals surface area contributed by atoms with Crippen LogP contribution in [0.1, 0.15) is 37.1 Å². The van der Waals surface area contributed by atoms with Crippen molar-refractivity contribution in [1.29, 1.82) is 0 Å². The first-order valence-corrected chi connectivity index (χ1v) is 12.4. The van der Waals surface area contributed by atoms with E-state index in [-0.39, 0.29) is 5.69 Å². The van der Waals surface area contributed by atoms with E-state index >= 15 is 4.39 Å². The molecule has 1 aromatic carbocycles. The number of nitrogens with zero attached hydrogens (tertiary/aromatic N) is 2. The number of hydrogen-bond donors (Lipinski definition) is 2. The molecule has 0 bridgehead atoms. The van der Waals surface area contributed by atoms with Gasteiger partial charge in [0, 0.05) is 29.6 Å². The van der Waals surface area contributed by atoms with Gasteiger partial charge in [-0.05, 0) is 62.2 Å². The maximum atomic E-state index is 15.5. The summed E-state index contributed by atoms with van der Waals surface area (Å²) in [5.41, 5.74) is 2.29. The minimum atomic E-state index is -1.31. The third-order valence-corrected chi connectivity index (χ3v) is 7.64. The number of piperidine rings is 1. The minimum Gasteiger partial charge on any atom is -0.317 e. The Hall–Kier alpha value is -2.16. The molecule has 1 unspecified atom stereocenters. The molecule has 2 aromatic heterocycles. The molecule has 1 fully saturated rings. The molecule has 3 aromatic rings. The zero-order chi connectivity index (χ0) is 20.9. The third kappa shape index (κ3) is 4.61. The molecule has 0 saturated carbocycles. The molecule has 0 spiro atoms. The summed E-state index contributed by atoms with van der Waals surface area (Å²) in [6.07, 6.45) is 6.31. The van der Waals surface area contributed by atoms with Crippen LogP contribution in [0.4, 0.5) is 10.1 Å². The van der Waals surface area contributed by atoms with Gasteiger partial charge in [-0.1, -0.05) is 13.0 Å². The van der Waals surface area contributed by atoms with Gasteiger partial charge in [0.2, 0.25) is 0 Å². The summed E-state index contributed by atoms with van der Waals surface area (Å²) in [5.74, 6) is 0.439. The maximum Gasteiger partial charge on any atom is 0.156 e. The molecule has 4 rings (SSSR count). The monoisotopic (exact) mass is 444 g/mol. The summed E-state index contributed by atoms with van der Waals surface area (Å²) in [6, 6.07) is 9.01. The fourth-order valence-corrected chi connectivity index (χ4v) is 5.74. The van der Waals surface area contributed by atoms with Crippen molar-refractivity contribution in [2.45, 2.75) is 32.1 Å². The minimum absolute atomic E-state index is 0.247. The number of hydrogen-bond acceptors (Lipinski definition) is 5. The van der Waals surface area contributed by atoms with Crippen molar-refractivity contribution >= 4 is 28.0 Å². The highest BCUT2D eigenvalue weighted by Gasteiger charge is 2.24. The summed E-state index contributed by atoms with van der Waals surface area (Å²) in [5, 5.41) is 4.43. The van der Waals surface area contributed by atoms with E-state index < -0.39 is 16.8 Å². The van der Waals surface area contributed by atoms with Crippen molar-refractivity contribution in [1.82, 2.24) is 15.3 Å². The molecule has 30 heavy (non-hydrogen) atoms. The van der Waals surface area contributed by atoms with Crippen LogP contribution in [0.5, 0.6) is 0 Å². The largest absolute Gasteiger partial charge is 0.317 e. The van der Waals surface area contributed by atoms with E-state index in [4.69, 9.17) is 4.98 Å². The van der Waals surface area contributed by atoms with E-state index in [1.165, 1.54) is 0 Å². The van der Waals surface area contributed by atoms with Crippen molar-refractivity contribution in [2.24, 2.45) is 0 Å². The van der Waals surface area contributed by atoms with Crippen LogP contribution in [-0.4, -0.2) is 33.0 Å². The third-order valence-electron chi connectivity index (χ3n) is 5.14. The van der Waals surface area contributed by atoms with E-state index in [0.29, 0.717) is 22.9 Å². The van der Waals surface area contributed by atoms with Gasteiger partial charge in [-0.25, -0.2) is 13.6 Å². The molecular weight excluding hydrogens is 419 g/mol. The topological polar surface area (TPSA) is 66.9 Å². The summed E-state index contributed by atoms with van der Waals surface area (Å²) in [4.78, 5) is 9.98. The molecule has 0 radical (unpaired) electrons. The Labute approximate surface area is 182 Å². The van der Waals surface area contributed by atoms with E-state index in [2.05, 4.69) is 15.0 Å². The fraction of sp³-hybridized carbons (Fsp3) is 0.364. The molecule has 1 aliphatic rings. The number of aromatic nitrogens is 2. The number of halogens is 1. The Bertz CT molecular complexity index is 1020. The lowest BCUT2D eigenvalue weighted by atomic mass is 9.99. The highest BCUT2D eigenvalue weighted by Crippen LogP contribution is 2.42. The molecule has 3 heterocycles. The summed E-state index contributed by atoms with van der Waals surface area (Å²) >= 11 is 1.64. The molecular formula is C22H25FN4OS2. The standard InChI is InChI=1S/C22H25FN4OS2/c1-2-14-30(28)27-18-5-3-4-17(19(18)23)20-21(15-6-10-24-11-7-15)29-22(26-20)16-8-12-25-13-9-16/h3-7,10-11,16,25,27H,2,8-9,12-14H2,1H3. The Morgan fingerprint density at radius 3 is 2.73 bits per heavy atom. The second kappa shape index (κ2) is 9.76. The van der Waals surface area contributed by atoms with E-state index in [9.17, 15) is 4.21 Å². The van der Waals surface area contributed by atoms with E-state index in [1.54, 1.807) is 41.9 Å². The SMILES string of the molecule is CCCS(=O)Nc1cccc(-c2nc(C3CCNCC3)sc2-c2ccncc2)c1F. The van der Waals surface area contributed by atoms with Crippen molar-refractivity contribution in [3.05, 3.63) is 53.6 Å². The molecule has 1 aliphatic heterocycles. The number of rotatable bonds is 7. The fourth-order valence-electron chi connectivity index (χ4n) is 3.61. The van der Waals surface area contributed by atoms with Gasteiger partial charge >= 0.3 is 0 Å². The van der Waals surface area contributed by atoms with Crippen molar-refractivity contribution < 1.29 is 8.60 Å². The lowest BCUT2D eigenvalue weighted by molar-refractivity contribution is 0.459. The quantitative estimate of drug-likeness (QED) is 0.540. The smallest absolute Gasteiger partial charge is 0.156 e. The maximum absolute atomic E-state index is 15.5. The first kappa shape index (κ1) is 21.1. The van der Waals surface area contributed by atoms with Gasteiger partial charge in [-0.2, -0.15) is 0 Å². The Kier molecular flexibility index (Phi) is 6.86. The van der Waals surface area contributed by atoms with Crippen LogP contribution in [0.15, 0.2) is 42.7 Å². The molecule has 0 amide bonds. The molecule has 1 atom stereocenters. The van der Waals surface area contributed by atoms with Crippen molar-refractivity contribution in [2.75, 3.05) is 23.6 Å². The Morgan fingerprint density at radius 2 is 2.00 bits per heavy atom. The number of pyridine rings is 1. The van der Waals surface area contributed by atoms with Gasteiger partial charge in [0.1, 0.15) is 11.0 Å². The average molecular weight is 445 g/mol. The molecule has 8 heteroatoms. The second-order valence-corrected chi connectivity index (χ2v) is 9.64. The second-order valence-electron chi connectivity index (χ2n) is 7.31. The summed E-state index contributed by atoms with van der Waals surface area (Å²) in [6.45, 7) is 3.90. The van der Waals surface area contributed by atoms with Gasteiger partial charge in [-0.3, -0.25) is 4.98 Å². The van der Waals surface area contributed by atoms with Crippen LogP contribution in [0.2, 0.25) is 0 Å². The molecule has 0 aliphatic carbocycles. The van der Waals surface area contributed by atoms with Crippen molar-refractivity contribution in [3.63, 3.8) is 0 Å². The lowest BCUT2D eigenvalue weighted by Crippen LogP contribution is -2.26. The van der Waals surface area contributed by atoms with Crippen LogP contribution < -0.4 is 10.0 Å². The number of nitrogens with one attached hydrogen (secondary N) is 2. The Morgan fingerprint density at radius 1 is 1.23 bits per heavy atom.